The number of rotatable bonds is 12. The molecule has 2 aliphatic heterocycles. The quantitative estimate of drug-likeness (QED) is 0.130. The van der Waals surface area contributed by atoms with Gasteiger partial charge in [-0.2, -0.15) is 0 Å². The summed E-state index contributed by atoms with van der Waals surface area (Å²) in [6.07, 6.45) is 8.69. The first-order valence-electron chi connectivity index (χ1n) is 14.3. The molecular weight excluding hydrogens is 540 g/mol. The first-order chi connectivity index (χ1) is 19.6. The zero-order chi connectivity index (χ0) is 29.6. The maximum Gasteiger partial charge on any atom is 0.311 e. The largest absolute Gasteiger partial charge is 0.489 e. The van der Waals surface area contributed by atoms with Crippen molar-refractivity contribution in [2.24, 2.45) is 5.73 Å². The molecule has 1 saturated heterocycles. The summed E-state index contributed by atoms with van der Waals surface area (Å²) in [6.45, 7) is 9.12. The van der Waals surface area contributed by atoms with E-state index in [1.165, 1.54) is 0 Å². The van der Waals surface area contributed by atoms with Gasteiger partial charge in [-0.1, -0.05) is 31.4 Å². The number of hydrogen-bond acceptors (Lipinski definition) is 8. The number of nitrogens with two attached hydrogens (primary N) is 1. The molecule has 9 heteroatoms. The van der Waals surface area contributed by atoms with Gasteiger partial charge in [0.05, 0.1) is 4.91 Å². The molecule has 2 aromatic rings. The van der Waals surface area contributed by atoms with Crippen molar-refractivity contribution in [2.45, 2.75) is 84.7 Å². The van der Waals surface area contributed by atoms with Crippen LogP contribution in [0.15, 0.2) is 29.2 Å². The zero-order valence-electron chi connectivity index (χ0n) is 24.4. The van der Waals surface area contributed by atoms with Gasteiger partial charge >= 0.3 is 5.97 Å². The molecule has 1 unspecified atom stereocenters. The van der Waals surface area contributed by atoms with E-state index in [0.29, 0.717) is 29.4 Å². The average Bonchev–Trinajstić information content (AvgIpc) is 3.27. The van der Waals surface area contributed by atoms with E-state index in [-0.39, 0.29) is 17.1 Å². The topological polar surface area (TPSA) is 117 Å². The maximum absolute atomic E-state index is 12.6. The zero-order valence-corrected chi connectivity index (χ0v) is 25.2. The standard InChI is InChI=1S/C32H40N2O6S/c1-20-21(2)29-25(22(3)28(20)39-27(35)10-8-6-5-7-9-17-33)15-16-32(4,40-29)19-38-24-13-11-23(12-14-24)18-26-30(36)34-31(37)41-26/h11-14,18H,5-10,15-17,19,33H2,1-4H3,(H,34,36,37)/b26-18-. The van der Waals surface area contributed by atoms with E-state index in [0.717, 1.165) is 96.8 Å². The smallest absolute Gasteiger partial charge is 0.311 e. The number of unbranched alkanes of at least 4 members (excludes halogenated alkanes) is 4. The Morgan fingerprint density at radius 1 is 1.05 bits per heavy atom. The molecule has 0 bridgehead atoms. The minimum Gasteiger partial charge on any atom is -0.489 e. The van der Waals surface area contributed by atoms with Crippen LogP contribution in [0.3, 0.4) is 0 Å². The van der Waals surface area contributed by atoms with E-state index in [2.05, 4.69) is 5.32 Å². The van der Waals surface area contributed by atoms with Crippen molar-refractivity contribution in [1.29, 1.82) is 0 Å². The van der Waals surface area contributed by atoms with Crippen LogP contribution in [0.5, 0.6) is 17.2 Å². The number of imide groups is 1. The Balaban J connectivity index is 1.36. The fraction of sp³-hybridized carbons (Fsp3) is 0.469. The molecule has 2 aromatic carbocycles. The Kier molecular flexibility index (Phi) is 10.1. The number of carbonyl (C=O) groups is 3. The SMILES string of the molecule is Cc1c(C)c2c(c(C)c1OC(=O)CCCCCCCN)CCC(C)(COc1ccc(/C=C3\SC(=O)NC3=O)cc1)O2. The van der Waals surface area contributed by atoms with E-state index in [4.69, 9.17) is 19.9 Å². The number of fused-ring (bicyclic) bond motifs is 1. The molecule has 1 fully saturated rings. The van der Waals surface area contributed by atoms with Gasteiger partial charge in [-0.3, -0.25) is 19.7 Å². The minimum absolute atomic E-state index is 0.190. The average molecular weight is 581 g/mol. The van der Waals surface area contributed by atoms with Crippen LogP contribution >= 0.6 is 11.8 Å². The fourth-order valence-electron chi connectivity index (χ4n) is 5.11. The van der Waals surface area contributed by atoms with E-state index >= 15 is 0 Å². The molecule has 0 aromatic heterocycles. The summed E-state index contributed by atoms with van der Waals surface area (Å²) in [4.78, 5) is 36.1. The lowest BCUT2D eigenvalue weighted by Crippen LogP contribution is -2.42. The van der Waals surface area contributed by atoms with Crippen molar-refractivity contribution >= 4 is 35.0 Å². The second-order valence-electron chi connectivity index (χ2n) is 11.1. The highest BCUT2D eigenvalue weighted by molar-refractivity contribution is 8.18. The van der Waals surface area contributed by atoms with Gasteiger partial charge in [-0.25, -0.2) is 0 Å². The Morgan fingerprint density at radius 3 is 2.44 bits per heavy atom. The van der Waals surface area contributed by atoms with Crippen LogP contribution in [0.1, 0.15) is 79.7 Å². The monoisotopic (exact) mass is 580 g/mol. The van der Waals surface area contributed by atoms with Crippen LogP contribution in [-0.2, 0) is 16.0 Å². The molecule has 2 aliphatic rings. The third-order valence-electron chi connectivity index (χ3n) is 7.73. The summed E-state index contributed by atoms with van der Waals surface area (Å²) >= 11 is 0.894. The van der Waals surface area contributed by atoms with Gasteiger partial charge in [-0.15, -0.1) is 0 Å². The summed E-state index contributed by atoms with van der Waals surface area (Å²) in [5.74, 6) is 1.63. The predicted octanol–water partition coefficient (Wildman–Crippen LogP) is 6.30. The second kappa shape index (κ2) is 13.6. The lowest BCUT2D eigenvalue weighted by atomic mass is 9.87. The number of amides is 2. The van der Waals surface area contributed by atoms with Crippen molar-refractivity contribution in [3.63, 3.8) is 0 Å². The minimum atomic E-state index is -0.529. The number of hydrogen-bond donors (Lipinski definition) is 2. The second-order valence-corrected chi connectivity index (χ2v) is 12.1. The van der Waals surface area contributed by atoms with Crippen LogP contribution < -0.4 is 25.3 Å². The van der Waals surface area contributed by atoms with Crippen molar-refractivity contribution in [3.8, 4) is 17.2 Å². The van der Waals surface area contributed by atoms with Gasteiger partial charge in [0.1, 0.15) is 29.5 Å². The number of benzene rings is 2. The fourth-order valence-corrected chi connectivity index (χ4v) is 5.80. The van der Waals surface area contributed by atoms with Crippen LogP contribution in [0, 0.1) is 20.8 Å². The molecule has 0 aliphatic carbocycles. The molecule has 1 atom stereocenters. The molecule has 0 radical (unpaired) electrons. The molecule has 0 saturated carbocycles. The Hall–Kier alpha value is -3.30. The summed E-state index contributed by atoms with van der Waals surface area (Å²) in [7, 11) is 0. The lowest BCUT2D eigenvalue weighted by molar-refractivity contribution is -0.134. The first-order valence-corrected chi connectivity index (χ1v) is 15.1. The molecule has 0 spiro atoms. The molecule has 3 N–H and O–H groups in total. The third kappa shape index (κ3) is 7.71. The van der Waals surface area contributed by atoms with Gasteiger partial charge < -0.3 is 19.9 Å². The van der Waals surface area contributed by atoms with Gasteiger partial charge in [-0.05, 0) is 112 Å². The van der Waals surface area contributed by atoms with E-state index in [9.17, 15) is 14.4 Å². The summed E-state index contributed by atoms with van der Waals surface area (Å²) in [6, 6.07) is 7.37. The molecule has 4 rings (SSSR count). The molecular formula is C32H40N2O6S. The number of esters is 1. The van der Waals surface area contributed by atoms with Crippen molar-refractivity contribution < 1.29 is 28.6 Å². The van der Waals surface area contributed by atoms with Crippen LogP contribution in [-0.4, -0.2) is 35.9 Å². The van der Waals surface area contributed by atoms with E-state index < -0.39 is 5.60 Å². The maximum atomic E-state index is 12.6. The van der Waals surface area contributed by atoms with Crippen molar-refractivity contribution in [3.05, 3.63) is 57.0 Å². The number of ether oxygens (including phenoxy) is 3. The lowest BCUT2D eigenvalue weighted by Gasteiger charge is -2.37. The summed E-state index contributed by atoms with van der Waals surface area (Å²) in [5, 5.41) is 1.90. The Morgan fingerprint density at radius 2 is 1.76 bits per heavy atom. The highest BCUT2D eigenvalue weighted by atomic mass is 32.2. The van der Waals surface area contributed by atoms with Gasteiger partial charge in [0.2, 0.25) is 0 Å². The third-order valence-corrected chi connectivity index (χ3v) is 8.54. The van der Waals surface area contributed by atoms with Crippen molar-refractivity contribution in [1.82, 2.24) is 5.32 Å². The van der Waals surface area contributed by atoms with Gasteiger partial charge in [0.25, 0.3) is 11.1 Å². The summed E-state index contributed by atoms with van der Waals surface area (Å²) in [5.41, 5.74) is 9.76. The highest BCUT2D eigenvalue weighted by Crippen LogP contribution is 2.44. The molecule has 2 heterocycles. The van der Waals surface area contributed by atoms with E-state index in [1.807, 2.05) is 52.0 Å². The normalized spacial score (nSPS) is 19.1. The molecule has 2 amide bonds. The number of thioether (sulfide) groups is 1. The highest BCUT2D eigenvalue weighted by Gasteiger charge is 2.36. The van der Waals surface area contributed by atoms with Gasteiger partial charge in [0, 0.05) is 12.0 Å². The van der Waals surface area contributed by atoms with Gasteiger partial charge in [0.15, 0.2) is 0 Å². The number of nitrogens with one attached hydrogen (secondary N) is 1. The van der Waals surface area contributed by atoms with Crippen LogP contribution in [0.2, 0.25) is 0 Å². The van der Waals surface area contributed by atoms with Crippen LogP contribution in [0.4, 0.5) is 4.79 Å². The molecule has 8 nitrogen and oxygen atoms in total. The van der Waals surface area contributed by atoms with Crippen molar-refractivity contribution in [2.75, 3.05) is 13.2 Å². The first kappa shape index (κ1) is 30.7. The number of carbonyl (C=O) groups excluding carboxylic acids is 3. The van der Waals surface area contributed by atoms with Crippen LogP contribution in [0.25, 0.3) is 6.08 Å². The summed E-state index contributed by atoms with van der Waals surface area (Å²) < 4.78 is 18.6. The Bertz CT molecular complexity index is 1340. The molecule has 220 valence electrons. The Labute approximate surface area is 246 Å². The molecule has 41 heavy (non-hydrogen) atoms. The van der Waals surface area contributed by atoms with E-state index in [1.54, 1.807) is 6.08 Å². The predicted molar refractivity (Wildman–Crippen MR) is 161 cm³/mol.